The van der Waals surface area contributed by atoms with Gasteiger partial charge in [0.15, 0.2) is 0 Å². The summed E-state index contributed by atoms with van der Waals surface area (Å²) in [5.74, 6) is 0.0977. The lowest BCUT2D eigenvalue weighted by atomic mass is 9.91. The molecule has 2 aliphatic heterocycles. The van der Waals surface area contributed by atoms with Crippen molar-refractivity contribution >= 4 is 26.8 Å². The van der Waals surface area contributed by atoms with Gasteiger partial charge in [0.05, 0.1) is 6.26 Å². The molecule has 0 unspecified atom stereocenters. The lowest BCUT2D eigenvalue weighted by molar-refractivity contribution is 0.0308. The number of aromatic nitrogens is 1. The molecule has 5 rings (SSSR count). The average molecular weight is 555 g/mol. The van der Waals surface area contributed by atoms with E-state index in [4.69, 9.17) is 5.73 Å². The highest BCUT2D eigenvalue weighted by molar-refractivity contribution is 7.88. The number of carbonyl (C=O) groups is 1. The van der Waals surface area contributed by atoms with E-state index in [0.717, 1.165) is 44.5 Å². The van der Waals surface area contributed by atoms with Gasteiger partial charge in [0.1, 0.15) is 5.67 Å². The number of halogens is 1. The summed E-state index contributed by atoms with van der Waals surface area (Å²) < 4.78 is 42.9. The van der Waals surface area contributed by atoms with Gasteiger partial charge in [-0.2, -0.15) is 0 Å². The molecule has 2 aliphatic rings. The first-order valence-electron chi connectivity index (χ1n) is 13.8. The molecule has 210 valence electrons. The first kappa shape index (κ1) is 27.8. The minimum absolute atomic E-state index is 0.266. The van der Waals surface area contributed by atoms with Gasteiger partial charge in [0.2, 0.25) is 15.9 Å². The summed E-state index contributed by atoms with van der Waals surface area (Å²) in [4.78, 5) is 13.7. The second-order valence-corrected chi connectivity index (χ2v) is 13.4. The molecule has 2 saturated heterocycles. The number of carbonyl (C=O) groups excluding carboxylic acids is 1. The zero-order valence-electron chi connectivity index (χ0n) is 22.9. The Hall–Kier alpha value is -2.75. The third-order valence-electron chi connectivity index (χ3n) is 8.72. The summed E-state index contributed by atoms with van der Waals surface area (Å²) in [7, 11) is -3.25. The topological polar surface area (TPSA) is 88.6 Å². The molecular weight excluding hydrogens is 515 g/mol. The fraction of sp³-hybridized carbons (Fsp3) is 0.500. The monoisotopic (exact) mass is 554 g/mol. The molecule has 2 aromatic carbocycles. The lowest BCUT2D eigenvalue weighted by Crippen LogP contribution is -2.50. The van der Waals surface area contributed by atoms with Crippen molar-refractivity contribution in [1.29, 1.82) is 0 Å². The Bertz CT molecular complexity index is 1430. The van der Waals surface area contributed by atoms with Crippen LogP contribution in [0.5, 0.6) is 0 Å². The molecule has 0 spiro atoms. The van der Waals surface area contributed by atoms with Crippen molar-refractivity contribution in [3.8, 4) is 0 Å². The van der Waals surface area contributed by atoms with E-state index in [-0.39, 0.29) is 25.9 Å². The molecule has 1 amide bonds. The van der Waals surface area contributed by atoms with E-state index < -0.39 is 21.6 Å². The number of hydrogen-bond acceptors (Lipinski definition) is 4. The number of rotatable bonds is 8. The molecule has 9 heteroatoms. The Labute approximate surface area is 230 Å². The zero-order chi connectivity index (χ0) is 27.8. The lowest BCUT2D eigenvalue weighted by Gasteiger charge is -2.40. The van der Waals surface area contributed by atoms with E-state index in [1.807, 2.05) is 12.1 Å². The molecule has 1 aromatic heterocycles. The van der Waals surface area contributed by atoms with E-state index in [9.17, 15) is 13.2 Å². The minimum atomic E-state index is -3.25. The van der Waals surface area contributed by atoms with Gasteiger partial charge in [0, 0.05) is 48.3 Å². The van der Waals surface area contributed by atoms with Gasteiger partial charge < -0.3 is 15.2 Å². The highest BCUT2D eigenvalue weighted by Gasteiger charge is 2.39. The van der Waals surface area contributed by atoms with Crippen LogP contribution in [-0.2, 0) is 23.0 Å². The van der Waals surface area contributed by atoms with Crippen LogP contribution in [0.2, 0.25) is 0 Å². The molecule has 0 bridgehead atoms. The predicted octanol–water partition coefficient (Wildman–Crippen LogP) is 4.12. The van der Waals surface area contributed by atoms with Crippen molar-refractivity contribution in [2.75, 3.05) is 39.0 Å². The molecule has 39 heavy (non-hydrogen) atoms. The zero-order valence-corrected chi connectivity index (χ0v) is 23.7. The van der Waals surface area contributed by atoms with E-state index in [2.05, 4.69) is 40.7 Å². The fourth-order valence-electron chi connectivity index (χ4n) is 6.31. The van der Waals surface area contributed by atoms with Crippen molar-refractivity contribution in [2.24, 2.45) is 11.7 Å². The van der Waals surface area contributed by atoms with Gasteiger partial charge in [-0.05, 0) is 87.4 Å². The number of sulfonamides is 1. The second kappa shape index (κ2) is 11.0. The quantitative estimate of drug-likeness (QED) is 0.454. The molecule has 2 N–H and O–H groups in total. The number of para-hydroxylation sites is 1. The number of piperidine rings is 2. The number of nitrogens with two attached hydrogens (primary N) is 1. The highest BCUT2D eigenvalue weighted by Crippen LogP contribution is 2.33. The Morgan fingerprint density at radius 2 is 1.67 bits per heavy atom. The number of fused-ring (bicyclic) bond motifs is 1. The highest BCUT2D eigenvalue weighted by atomic mass is 32.2. The van der Waals surface area contributed by atoms with Crippen LogP contribution in [0.3, 0.4) is 0 Å². The maximum absolute atomic E-state index is 15.5. The summed E-state index contributed by atoms with van der Waals surface area (Å²) in [5, 5.41) is 1.26. The number of nitrogens with zero attached hydrogens (tertiary/aromatic N) is 3. The van der Waals surface area contributed by atoms with E-state index in [0.29, 0.717) is 18.0 Å². The number of hydrogen-bond donors (Lipinski definition) is 1. The van der Waals surface area contributed by atoms with Crippen molar-refractivity contribution in [3.05, 3.63) is 70.9 Å². The van der Waals surface area contributed by atoms with Gasteiger partial charge in [-0.15, -0.1) is 0 Å². The Morgan fingerprint density at radius 3 is 2.28 bits per heavy atom. The van der Waals surface area contributed by atoms with Crippen molar-refractivity contribution in [1.82, 2.24) is 13.8 Å². The van der Waals surface area contributed by atoms with Gasteiger partial charge in [-0.3, -0.25) is 4.79 Å². The van der Waals surface area contributed by atoms with Crippen molar-refractivity contribution in [2.45, 2.75) is 51.2 Å². The van der Waals surface area contributed by atoms with Crippen LogP contribution in [0.1, 0.15) is 52.9 Å². The summed E-state index contributed by atoms with van der Waals surface area (Å²) >= 11 is 0. The van der Waals surface area contributed by atoms with Crippen LogP contribution in [0, 0.1) is 12.8 Å². The number of amides is 1. The molecule has 7 nitrogen and oxygen atoms in total. The van der Waals surface area contributed by atoms with Gasteiger partial charge in [0.25, 0.3) is 0 Å². The molecule has 0 aliphatic carbocycles. The molecule has 3 heterocycles. The molecule has 0 radical (unpaired) electrons. The van der Waals surface area contributed by atoms with Crippen LogP contribution in [0.15, 0.2) is 48.5 Å². The summed E-state index contributed by atoms with van der Waals surface area (Å²) in [6, 6.07) is 16.1. The van der Waals surface area contributed by atoms with Gasteiger partial charge in [-0.25, -0.2) is 17.1 Å². The third kappa shape index (κ3) is 6.21. The van der Waals surface area contributed by atoms with E-state index in [1.165, 1.54) is 32.7 Å². The number of alkyl halides is 1. The maximum Gasteiger partial charge on any atom is 0.248 e. The predicted molar refractivity (Wildman–Crippen MR) is 153 cm³/mol. The first-order chi connectivity index (χ1) is 18.5. The van der Waals surface area contributed by atoms with Crippen LogP contribution in [0.4, 0.5) is 4.39 Å². The molecule has 3 aromatic rings. The minimum Gasteiger partial charge on any atom is -0.366 e. The normalized spacial score (nSPS) is 19.5. The van der Waals surface area contributed by atoms with Crippen LogP contribution in [-0.4, -0.2) is 72.7 Å². The van der Waals surface area contributed by atoms with Crippen molar-refractivity contribution in [3.63, 3.8) is 0 Å². The summed E-state index contributed by atoms with van der Waals surface area (Å²) in [6.07, 6.45) is 4.55. The average Bonchev–Trinajstić information content (AvgIpc) is 3.15. The fourth-order valence-corrected chi connectivity index (χ4v) is 7.16. The van der Waals surface area contributed by atoms with Gasteiger partial charge >= 0.3 is 0 Å². The van der Waals surface area contributed by atoms with Gasteiger partial charge in [-0.1, -0.05) is 30.3 Å². The van der Waals surface area contributed by atoms with E-state index in [1.54, 1.807) is 12.1 Å². The second-order valence-electron chi connectivity index (χ2n) is 11.5. The van der Waals surface area contributed by atoms with E-state index >= 15 is 4.39 Å². The van der Waals surface area contributed by atoms with Crippen LogP contribution in [0.25, 0.3) is 10.9 Å². The summed E-state index contributed by atoms with van der Waals surface area (Å²) in [5.41, 5.74) is 9.55. The number of benzene rings is 2. The third-order valence-corrected chi connectivity index (χ3v) is 10.0. The Balaban J connectivity index is 1.23. The maximum atomic E-state index is 15.5. The Kier molecular flexibility index (Phi) is 7.86. The number of primary amides is 1. The Morgan fingerprint density at radius 1 is 1.03 bits per heavy atom. The van der Waals surface area contributed by atoms with Crippen LogP contribution >= 0.6 is 0 Å². The standard InChI is InChI=1S/C30H39FN4O3S/c1-22-27(19-23-7-9-25(10-8-23)29(32)36)26-5-3-4-6-28(26)35(22)20-24-11-15-33(16-12-24)21-30(31)13-17-34(18-14-30)39(2,37)38/h3-10,24H,11-21H2,1-2H3,(H2,32,36). The molecule has 2 fully saturated rings. The molecular formula is C30H39FN4O3S. The first-order valence-corrected chi connectivity index (χ1v) is 15.7. The SMILES string of the molecule is Cc1c(Cc2ccc(C(N)=O)cc2)c2ccccc2n1CC1CCN(CC2(F)CCN(S(C)(=O)=O)CC2)CC1. The summed E-state index contributed by atoms with van der Waals surface area (Å²) in [6.45, 7) is 5.78. The largest absolute Gasteiger partial charge is 0.366 e. The van der Waals surface area contributed by atoms with Crippen molar-refractivity contribution < 1.29 is 17.6 Å². The molecule has 0 saturated carbocycles. The van der Waals surface area contributed by atoms with Crippen LogP contribution < -0.4 is 5.73 Å². The molecule has 0 atom stereocenters. The smallest absolute Gasteiger partial charge is 0.248 e. The number of likely N-dealkylation sites (tertiary alicyclic amines) is 1.